The topological polar surface area (TPSA) is 132 Å². The van der Waals surface area contributed by atoms with Gasteiger partial charge in [-0.25, -0.2) is 4.98 Å². The first-order valence-electron chi connectivity index (χ1n) is 11.0. The van der Waals surface area contributed by atoms with E-state index in [4.69, 9.17) is 10.7 Å². The first-order chi connectivity index (χ1) is 16.4. The van der Waals surface area contributed by atoms with E-state index in [2.05, 4.69) is 28.4 Å². The number of imidazole rings is 1. The van der Waals surface area contributed by atoms with E-state index in [1.165, 1.54) is 6.07 Å². The van der Waals surface area contributed by atoms with Crippen molar-refractivity contribution in [3.63, 3.8) is 0 Å². The van der Waals surface area contributed by atoms with Gasteiger partial charge in [0, 0.05) is 36.5 Å². The highest BCUT2D eigenvalue weighted by Crippen LogP contribution is 2.53. The molecule has 4 aromatic rings. The van der Waals surface area contributed by atoms with Crippen molar-refractivity contribution in [3.05, 3.63) is 71.1 Å². The zero-order chi connectivity index (χ0) is 24.0. The third kappa shape index (κ3) is 3.18. The van der Waals surface area contributed by atoms with E-state index in [1.807, 2.05) is 30.7 Å². The van der Waals surface area contributed by atoms with E-state index < -0.39 is 5.91 Å². The van der Waals surface area contributed by atoms with E-state index in [1.54, 1.807) is 16.9 Å². The molecule has 2 N–H and O–H groups in total. The average molecular weight is 454 g/mol. The van der Waals surface area contributed by atoms with Gasteiger partial charge in [0.15, 0.2) is 11.9 Å². The predicted octanol–water partition coefficient (Wildman–Crippen LogP) is 2.96. The minimum absolute atomic E-state index is 0.198. The molecule has 1 aliphatic carbocycles. The highest BCUT2D eigenvalue weighted by Gasteiger charge is 2.49. The van der Waals surface area contributed by atoms with E-state index in [9.17, 15) is 14.9 Å². The Morgan fingerprint density at radius 3 is 2.79 bits per heavy atom. The average Bonchev–Trinajstić information content (AvgIpc) is 3.38. The number of benzene rings is 1. The molecule has 0 saturated heterocycles. The summed E-state index contributed by atoms with van der Waals surface area (Å²) in [5, 5.41) is 17.7. The van der Waals surface area contributed by atoms with Gasteiger partial charge in [-0.05, 0) is 43.4 Å². The van der Waals surface area contributed by atoms with Gasteiger partial charge in [0.2, 0.25) is 0 Å². The fourth-order valence-corrected chi connectivity index (χ4v) is 5.23. The zero-order valence-corrected chi connectivity index (χ0v) is 18.9. The van der Waals surface area contributed by atoms with Crippen LogP contribution in [0, 0.1) is 24.2 Å². The van der Waals surface area contributed by atoms with Gasteiger partial charge >= 0.3 is 0 Å². The smallest absolute Gasteiger partial charge is 0.252 e. The Kier molecular flexibility index (Phi) is 5.01. The molecule has 0 radical (unpaired) electrons. The van der Waals surface area contributed by atoms with Crippen molar-refractivity contribution in [2.45, 2.75) is 31.6 Å². The first-order valence-corrected chi connectivity index (χ1v) is 11.0. The maximum atomic E-state index is 12.0. The van der Waals surface area contributed by atoms with Crippen molar-refractivity contribution in [1.82, 2.24) is 24.1 Å². The second kappa shape index (κ2) is 7.92. The molecule has 0 unspecified atom stereocenters. The lowest BCUT2D eigenvalue weighted by atomic mass is 9.57. The number of fused-ring (bicyclic) bond motifs is 1. The SMILES string of the molecule is Cc1c(-c2cccc(C3(c4nncn4C)CC(CC#N)C3)c2)nc2c(C(N)=O)cc(C=O)cn12. The number of hydrogen-bond donors (Lipinski definition) is 1. The summed E-state index contributed by atoms with van der Waals surface area (Å²) in [4.78, 5) is 28.2. The Morgan fingerprint density at radius 2 is 2.15 bits per heavy atom. The van der Waals surface area contributed by atoms with Crippen molar-refractivity contribution in [2.24, 2.45) is 18.7 Å². The zero-order valence-electron chi connectivity index (χ0n) is 18.9. The van der Waals surface area contributed by atoms with Gasteiger partial charge in [-0.15, -0.1) is 10.2 Å². The molecule has 3 aromatic heterocycles. The Morgan fingerprint density at radius 1 is 1.35 bits per heavy atom. The molecule has 3 heterocycles. The number of hydrogen-bond acceptors (Lipinski definition) is 6. The van der Waals surface area contributed by atoms with Crippen molar-refractivity contribution >= 4 is 17.8 Å². The number of aromatic nitrogens is 5. The fraction of sp³-hybridized carbons (Fsp3) is 0.280. The van der Waals surface area contributed by atoms with Gasteiger partial charge < -0.3 is 14.7 Å². The third-order valence-electron chi connectivity index (χ3n) is 6.86. The number of nitrogens with zero attached hydrogens (tertiary/aromatic N) is 6. The molecule has 1 amide bonds. The van der Waals surface area contributed by atoms with Crippen LogP contribution in [0.4, 0.5) is 0 Å². The van der Waals surface area contributed by atoms with Crippen LogP contribution in [0.25, 0.3) is 16.9 Å². The highest BCUT2D eigenvalue weighted by atomic mass is 16.1. The summed E-state index contributed by atoms with van der Waals surface area (Å²) in [5.41, 5.74) is 9.65. The van der Waals surface area contributed by atoms with Crippen LogP contribution in [0.15, 0.2) is 42.9 Å². The molecule has 0 aliphatic heterocycles. The number of primary amides is 1. The molecule has 9 nitrogen and oxygen atoms in total. The monoisotopic (exact) mass is 453 g/mol. The second-order valence-electron chi connectivity index (χ2n) is 8.97. The highest BCUT2D eigenvalue weighted by molar-refractivity contribution is 6.00. The normalized spacial score (nSPS) is 19.5. The molecule has 9 heteroatoms. The quantitative estimate of drug-likeness (QED) is 0.446. The van der Waals surface area contributed by atoms with E-state index >= 15 is 0 Å². The van der Waals surface area contributed by atoms with Crippen molar-refractivity contribution < 1.29 is 9.59 Å². The number of pyridine rings is 1. The lowest BCUT2D eigenvalue weighted by molar-refractivity contribution is 0.100. The second-order valence-corrected chi connectivity index (χ2v) is 8.97. The molecule has 0 spiro atoms. The van der Waals surface area contributed by atoms with Crippen LogP contribution in [0.3, 0.4) is 0 Å². The standard InChI is InChI=1S/C25H23N7O2/c1-15-21(29-23-20(22(27)34)8-17(13-33)12-32(15)23)18-4-3-5-19(9-18)25(10-16(11-25)6-7-26)24-30-28-14-31(24)2/h3-5,8-9,12-14,16H,6,10-11H2,1-2H3,(H2,27,34). The number of rotatable bonds is 6. The summed E-state index contributed by atoms with van der Waals surface area (Å²) in [6.07, 6.45) is 6.18. The number of aryl methyl sites for hydroxylation is 2. The maximum absolute atomic E-state index is 12.0. The molecule has 5 rings (SSSR count). The first kappa shape index (κ1) is 21.5. The van der Waals surface area contributed by atoms with Gasteiger partial charge in [0.1, 0.15) is 12.2 Å². The number of carbonyl (C=O) groups excluding carboxylic acids is 2. The van der Waals surface area contributed by atoms with Crippen LogP contribution >= 0.6 is 0 Å². The van der Waals surface area contributed by atoms with E-state index in [0.29, 0.717) is 35.5 Å². The summed E-state index contributed by atoms with van der Waals surface area (Å²) in [7, 11) is 1.93. The molecule has 34 heavy (non-hydrogen) atoms. The molecule has 1 aliphatic rings. The van der Waals surface area contributed by atoms with Crippen LogP contribution in [0.5, 0.6) is 0 Å². The van der Waals surface area contributed by atoms with Gasteiger partial charge in [-0.3, -0.25) is 9.59 Å². The number of amides is 1. The van der Waals surface area contributed by atoms with E-state index in [-0.39, 0.29) is 11.0 Å². The Hall–Kier alpha value is -4.32. The fourth-order valence-electron chi connectivity index (χ4n) is 5.23. The number of aldehydes is 1. The van der Waals surface area contributed by atoms with Gasteiger partial charge in [-0.2, -0.15) is 5.26 Å². The van der Waals surface area contributed by atoms with Gasteiger partial charge in [-0.1, -0.05) is 18.2 Å². The third-order valence-corrected chi connectivity index (χ3v) is 6.86. The van der Waals surface area contributed by atoms with Crippen molar-refractivity contribution in [2.75, 3.05) is 0 Å². The van der Waals surface area contributed by atoms with Crippen molar-refractivity contribution in [3.8, 4) is 17.3 Å². The van der Waals surface area contributed by atoms with Gasteiger partial charge in [0.05, 0.1) is 22.7 Å². The minimum Gasteiger partial charge on any atom is -0.365 e. The summed E-state index contributed by atoms with van der Waals surface area (Å²) >= 11 is 0. The lowest BCUT2D eigenvalue weighted by Gasteiger charge is -2.46. The Bertz CT molecular complexity index is 1480. The number of carbonyl (C=O) groups is 2. The van der Waals surface area contributed by atoms with Crippen LogP contribution in [-0.4, -0.2) is 36.3 Å². The molecule has 170 valence electrons. The number of nitriles is 1. The molecule has 0 atom stereocenters. The molecule has 1 fully saturated rings. The van der Waals surface area contributed by atoms with Crippen LogP contribution in [0.2, 0.25) is 0 Å². The van der Waals surface area contributed by atoms with Crippen LogP contribution < -0.4 is 5.73 Å². The summed E-state index contributed by atoms with van der Waals surface area (Å²) in [5.74, 6) is 0.539. The largest absolute Gasteiger partial charge is 0.365 e. The molecule has 0 bridgehead atoms. The predicted molar refractivity (Wildman–Crippen MR) is 124 cm³/mol. The minimum atomic E-state index is -0.641. The molecule has 1 saturated carbocycles. The summed E-state index contributed by atoms with van der Waals surface area (Å²) in [6, 6.07) is 11.9. The van der Waals surface area contributed by atoms with Crippen molar-refractivity contribution in [1.29, 1.82) is 5.26 Å². The molecular formula is C25H23N7O2. The number of nitrogens with two attached hydrogens (primary N) is 1. The van der Waals surface area contributed by atoms with Gasteiger partial charge in [0.25, 0.3) is 5.91 Å². The lowest BCUT2D eigenvalue weighted by Crippen LogP contribution is -2.44. The van der Waals surface area contributed by atoms with E-state index in [0.717, 1.165) is 35.5 Å². The van der Waals surface area contributed by atoms with Crippen LogP contribution in [0.1, 0.15) is 57.1 Å². The molecular weight excluding hydrogens is 430 g/mol. The Labute approximate surface area is 195 Å². The molecule has 1 aromatic carbocycles. The maximum Gasteiger partial charge on any atom is 0.252 e. The summed E-state index contributed by atoms with van der Waals surface area (Å²) in [6.45, 7) is 1.89. The summed E-state index contributed by atoms with van der Waals surface area (Å²) < 4.78 is 3.67. The Balaban J connectivity index is 1.65. The van der Waals surface area contributed by atoms with Crippen LogP contribution in [-0.2, 0) is 12.5 Å².